The molecule has 0 saturated heterocycles. The van der Waals surface area contributed by atoms with Crippen LogP contribution in [0.2, 0.25) is 0 Å². The lowest BCUT2D eigenvalue weighted by molar-refractivity contribution is -0.147. The van der Waals surface area contributed by atoms with Gasteiger partial charge in [-0.25, -0.2) is 9.18 Å². The Hall–Kier alpha value is -2.11. The third-order valence-corrected chi connectivity index (χ3v) is 3.27. The summed E-state index contributed by atoms with van der Waals surface area (Å²) in [6, 6.07) is 5.62. The minimum atomic E-state index is -1.23. The second-order valence-corrected chi connectivity index (χ2v) is 5.34. The van der Waals surface area contributed by atoms with Crippen LogP contribution in [0.3, 0.4) is 0 Å². The zero-order chi connectivity index (χ0) is 16.6. The Balaban J connectivity index is 2.33. The zero-order valence-electron chi connectivity index (χ0n) is 12.9. The van der Waals surface area contributed by atoms with Gasteiger partial charge in [0.2, 0.25) is 5.91 Å². The van der Waals surface area contributed by atoms with Gasteiger partial charge in [0.1, 0.15) is 17.1 Å². The van der Waals surface area contributed by atoms with Gasteiger partial charge in [0.05, 0.1) is 6.61 Å². The van der Waals surface area contributed by atoms with Gasteiger partial charge in [-0.05, 0) is 44.0 Å². The number of aliphatic carboxylic acids is 1. The highest BCUT2D eigenvalue weighted by molar-refractivity contribution is 5.86. The van der Waals surface area contributed by atoms with E-state index in [9.17, 15) is 19.1 Å². The fourth-order valence-corrected chi connectivity index (χ4v) is 2.05. The molecule has 1 aromatic carbocycles. The molecule has 1 amide bonds. The van der Waals surface area contributed by atoms with E-state index in [1.807, 2.05) is 6.92 Å². The van der Waals surface area contributed by atoms with E-state index in [0.717, 1.165) is 0 Å². The molecule has 122 valence electrons. The van der Waals surface area contributed by atoms with E-state index in [0.29, 0.717) is 31.6 Å². The maximum absolute atomic E-state index is 12.7. The molecule has 0 aliphatic heterocycles. The summed E-state index contributed by atoms with van der Waals surface area (Å²) in [6.45, 7) is 3.67. The van der Waals surface area contributed by atoms with Crippen LogP contribution in [-0.4, -0.2) is 29.1 Å². The van der Waals surface area contributed by atoms with Gasteiger partial charge in [-0.3, -0.25) is 4.79 Å². The van der Waals surface area contributed by atoms with Crippen molar-refractivity contribution in [3.05, 3.63) is 30.1 Å². The van der Waals surface area contributed by atoms with Crippen LogP contribution in [0, 0.1) is 5.82 Å². The Kier molecular flexibility index (Phi) is 6.82. The molecule has 0 saturated carbocycles. The van der Waals surface area contributed by atoms with Crippen LogP contribution in [0.25, 0.3) is 0 Å². The molecular formula is C16H22FNO4. The Labute approximate surface area is 129 Å². The van der Waals surface area contributed by atoms with Gasteiger partial charge in [0.15, 0.2) is 0 Å². The van der Waals surface area contributed by atoms with Crippen molar-refractivity contribution in [3.63, 3.8) is 0 Å². The number of hydrogen-bond donors (Lipinski definition) is 2. The van der Waals surface area contributed by atoms with Crippen LogP contribution in [0.1, 0.15) is 39.5 Å². The summed E-state index contributed by atoms with van der Waals surface area (Å²) < 4.78 is 18.1. The molecule has 22 heavy (non-hydrogen) atoms. The monoisotopic (exact) mass is 311 g/mol. The smallest absolute Gasteiger partial charge is 0.329 e. The highest BCUT2D eigenvalue weighted by Crippen LogP contribution is 2.14. The summed E-state index contributed by atoms with van der Waals surface area (Å²) in [4.78, 5) is 23.0. The predicted octanol–water partition coefficient (Wildman–Crippen LogP) is 2.74. The maximum atomic E-state index is 12.7. The minimum absolute atomic E-state index is 0.174. The number of carbonyl (C=O) groups excluding carboxylic acids is 1. The summed E-state index contributed by atoms with van der Waals surface area (Å²) in [5.41, 5.74) is -1.23. The largest absolute Gasteiger partial charge is 0.494 e. The van der Waals surface area contributed by atoms with Crippen molar-refractivity contribution in [2.45, 2.75) is 45.1 Å². The van der Waals surface area contributed by atoms with Gasteiger partial charge in [0.25, 0.3) is 0 Å². The molecule has 0 aliphatic rings. The summed E-state index contributed by atoms with van der Waals surface area (Å²) in [5.74, 6) is -1.16. The first-order valence-corrected chi connectivity index (χ1v) is 7.30. The molecule has 0 spiro atoms. The SMILES string of the molecule is CCCC(C)(NC(=O)CCCOc1ccc(F)cc1)C(=O)O. The van der Waals surface area contributed by atoms with Crippen LogP contribution >= 0.6 is 0 Å². The standard InChI is InChI=1S/C16H22FNO4/c1-3-10-16(2,15(20)21)18-14(19)5-4-11-22-13-8-6-12(17)7-9-13/h6-9H,3-5,10-11H2,1-2H3,(H,18,19)(H,20,21). The molecule has 0 aromatic heterocycles. The van der Waals surface area contributed by atoms with Crippen LogP contribution in [0.15, 0.2) is 24.3 Å². The van der Waals surface area contributed by atoms with Crippen molar-refractivity contribution < 1.29 is 23.8 Å². The third-order valence-electron chi connectivity index (χ3n) is 3.27. The summed E-state index contributed by atoms with van der Waals surface area (Å²) >= 11 is 0. The van der Waals surface area contributed by atoms with Crippen molar-refractivity contribution in [3.8, 4) is 5.75 Å². The molecule has 0 aliphatic carbocycles. The van der Waals surface area contributed by atoms with Crippen molar-refractivity contribution in [1.82, 2.24) is 5.32 Å². The van der Waals surface area contributed by atoms with Crippen molar-refractivity contribution in [2.75, 3.05) is 6.61 Å². The fourth-order valence-electron chi connectivity index (χ4n) is 2.05. The highest BCUT2D eigenvalue weighted by atomic mass is 19.1. The molecule has 0 heterocycles. The number of amides is 1. The molecule has 0 radical (unpaired) electrons. The number of hydrogen-bond acceptors (Lipinski definition) is 3. The topological polar surface area (TPSA) is 75.6 Å². The summed E-state index contributed by atoms with van der Waals surface area (Å²) in [5, 5.41) is 11.7. The van der Waals surface area contributed by atoms with Crippen molar-refractivity contribution >= 4 is 11.9 Å². The third kappa shape index (κ3) is 5.71. The van der Waals surface area contributed by atoms with Crippen molar-refractivity contribution in [1.29, 1.82) is 0 Å². The number of carboxylic acids is 1. The second-order valence-electron chi connectivity index (χ2n) is 5.34. The van der Waals surface area contributed by atoms with E-state index < -0.39 is 11.5 Å². The molecule has 2 N–H and O–H groups in total. The average Bonchev–Trinajstić information content (AvgIpc) is 2.45. The molecule has 0 fully saturated rings. The van der Waals surface area contributed by atoms with Crippen LogP contribution in [0.5, 0.6) is 5.75 Å². The van der Waals surface area contributed by atoms with Crippen LogP contribution in [-0.2, 0) is 9.59 Å². The normalized spacial score (nSPS) is 13.2. The Bertz CT molecular complexity index is 503. The Morgan fingerprint density at radius 3 is 2.50 bits per heavy atom. The van der Waals surface area contributed by atoms with Gasteiger partial charge in [-0.2, -0.15) is 0 Å². The second kappa shape index (κ2) is 8.36. The minimum Gasteiger partial charge on any atom is -0.494 e. The van der Waals surface area contributed by atoms with Gasteiger partial charge >= 0.3 is 5.97 Å². The van der Waals surface area contributed by atoms with E-state index in [1.54, 1.807) is 0 Å². The van der Waals surface area contributed by atoms with Gasteiger partial charge < -0.3 is 15.2 Å². The van der Waals surface area contributed by atoms with Gasteiger partial charge in [-0.15, -0.1) is 0 Å². The lowest BCUT2D eigenvalue weighted by Gasteiger charge is -2.25. The molecule has 1 atom stereocenters. The number of ether oxygens (including phenoxy) is 1. The predicted molar refractivity (Wildman–Crippen MR) is 80.2 cm³/mol. The number of rotatable bonds is 9. The maximum Gasteiger partial charge on any atom is 0.329 e. The van der Waals surface area contributed by atoms with Gasteiger partial charge in [0, 0.05) is 6.42 Å². The van der Waals surface area contributed by atoms with E-state index in [-0.39, 0.29) is 18.1 Å². The number of carboxylic acid groups (broad SMARTS) is 1. The number of benzene rings is 1. The molecule has 6 heteroatoms. The number of nitrogens with one attached hydrogen (secondary N) is 1. The Morgan fingerprint density at radius 1 is 1.32 bits per heavy atom. The van der Waals surface area contributed by atoms with Crippen LogP contribution in [0.4, 0.5) is 4.39 Å². The first kappa shape index (κ1) is 17.9. The highest BCUT2D eigenvalue weighted by Gasteiger charge is 2.33. The van der Waals surface area contributed by atoms with E-state index in [4.69, 9.17) is 4.74 Å². The van der Waals surface area contributed by atoms with E-state index >= 15 is 0 Å². The lowest BCUT2D eigenvalue weighted by atomic mass is 9.96. The number of halogens is 1. The van der Waals surface area contributed by atoms with E-state index in [1.165, 1.54) is 31.2 Å². The van der Waals surface area contributed by atoms with Gasteiger partial charge in [-0.1, -0.05) is 13.3 Å². The summed E-state index contributed by atoms with van der Waals surface area (Å²) in [7, 11) is 0. The molecular weight excluding hydrogens is 289 g/mol. The molecule has 1 unspecified atom stereocenters. The summed E-state index contributed by atoms with van der Waals surface area (Å²) in [6.07, 6.45) is 1.66. The molecule has 5 nitrogen and oxygen atoms in total. The molecule has 1 aromatic rings. The van der Waals surface area contributed by atoms with E-state index in [2.05, 4.69) is 5.32 Å². The lowest BCUT2D eigenvalue weighted by Crippen LogP contribution is -2.52. The first-order chi connectivity index (χ1) is 10.4. The van der Waals surface area contributed by atoms with Crippen molar-refractivity contribution in [2.24, 2.45) is 0 Å². The Morgan fingerprint density at radius 2 is 1.95 bits per heavy atom. The fraction of sp³-hybridized carbons (Fsp3) is 0.500. The average molecular weight is 311 g/mol. The quantitative estimate of drug-likeness (QED) is 0.688. The van der Waals surface area contributed by atoms with Crippen LogP contribution < -0.4 is 10.1 Å². The first-order valence-electron chi connectivity index (χ1n) is 7.30. The molecule has 0 bridgehead atoms. The zero-order valence-corrected chi connectivity index (χ0v) is 12.9. The number of carbonyl (C=O) groups is 2. The molecule has 1 rings (SSSR count).